The summed E-state index contributed by atoms with van der Waals surface area (Å²) in [6.45, 7) is 6.47. The lowest BCUT2D eigenvalue weighted by molar-refractivity contribution is 0.0868. The lowest BCUT2D eigenvalue weighted by Gasteiger charge is -2.30. The quantitative estimate of drug-likeness (QED) is 0.862. The van der Waals surface area contributed by atoms with Gasteiger partial charge in [-0.15, -0.1) is 0 Å². The zero-order chi connectivity index (χ0) is 15.5. The summed E-state index contributed by atoms with van der Waals surface area (Å²) in [6.07, 6.45) is 0. The molecule has 0 unspecified atom stereocenters. The van der Waals surface area contributed by atoms with Crippen LogP contribution in [0.3, 0.4) is 0 Å². The van der Waals surface area contributed by atoms with Gasteiger partial charge in [0.25, 0.3) is 0 Å². The summed E-state index contributed by atoms with van der Waals surface area (Å²) in [4.78, 5) is 10.5. The maximum absolute atomic E-state index is 10.1. The molecule has 0 fully saturated rings. The van der Waals surface area contributed by atoms with Crippen LogP contribution in [0.1, 0.15) is 25.2 Å². The van der Waals surface area contributed by atoms with Crippen molar-refractivity contribution in [1.82, 2.24) is 9.97 Å². The fraction of sp³-hybridized carbons (Fsp3) is 0.375. The average Bonchev–Trinajstić information content (AvgIpc) is 2.36. The Bertz CT molecular complexity index is 576. The van der Waals surface area contributed by atoms with Crippen molar-refractivity contribution in [1.29, 1.82) is 0 Å². The Kier molecular flexibility index (Phi) is 4.80. The second-order valence-electron chi connectivity index (χ2n) is 5.75. The molecular formula is C16H20ClN3O. The molecule has 5 heteroatoms. The van der Waals surface area contributed by atoms with Gasteiger partial charge in [-0.2, -0.15) is 0 Å². The van der Waals surface area contributed by atoms with Crippen LogP contribution < -0.4 is 4.90 Å². The van der Waals surface area contributed by atoms with Crippen LogP contribution in [0.4, 0.5) is 5.82 Å². The van der Waals surface area contributed by atoms with Gasteiger partial charge in [-0.25, -0.2) is 9.97 Å². The molecule has 4 nitrogen and oxygen atoms in total. The fourth-order valence-electron chi connectivity index (χ4n) is 2.17. The minimum Gasteiger partial charge on any atom is -0.389 e. The molecule has 0 aliphatic carbocycles. The smallest absolute Gasteiger partial charge is 0.134 e. The van der Waals surface area contributed by atoms with E-state index in [2.05, 4.69) is 9.97 Å². The van der Waals surface area contributed by atoms with Gasteiger partial charge in [0.15, 0.2) is 0 Å². The molecule has 0 amide bonds. The average molecular weight is 306 g/mol. The first-order chi connectivity index (χ1) is 9.83. The number of halogens is 1. The van der Waals surface area contributed by atoms with Crippen LogP contribution in [0.2, 0.25) is 5.15 Å². The topological polar surface area (TPSA) is 49.2 Å². The third-order valence-corrected chi connectivity index (χ3v) is 3.10. The largest absolute Gasteiger partial charge is 0.389 e. The summed E-state index contributed by atoms with van der Waals surface area (Å²) in [5.41, 5.74) is 0.314. The molecule has 0 saturated carbocycles. The number of hydrogen-bond donors (Lipinski definition) is 1. The number of hydrogen-bond acceptors (Lipinski definition) is 4. The summed E-state index contributed by atoms with van der Waals surface area (Å²) < 4.78 is 0. The van der Waals surface area contributed by atoms with E-state index in [1.807, 2.05) is 35.2 Å². The van der Waals surface area contributed by atoms with Gasteiger partial charge in [-0.3, -0.25) is 0 Å². The van der Waals surface area contributed by atoms with Crippen molar-refractivity contribution in [2.45, 2.75) is 32.9 Å². The summed E-state index contributed by atoms with van der Waals surface area (Å²) in [7, 11) is 0. The van der Waals surface area contributed by atoms with Crippen molar-refractivity contribution in [3.8, 4) is 0 Å². The molecule has 112 valence electrons. The number of rotatable bonds is 5. The summed E-state index contributed by atoms with van der Waals surface area (Å²) in [5.74, 6) is 1.34. The minimum atomic E-state index is -0.833. The van der Waals surface area contributed by atoms with Crippen molar-refractivity contribution < 1.29 is 5.11 Å². The Balaban J connectivity index is 2.31. The van der Waals surface area contributed by atoms with Crippen LogP contribution in [0.5, 0.6) is 0 Å². The second-order valence-corrected chi connectivity index (χ2v) is 6.14. The first-order valence-electron chi connectivity index (χ1n) is 6.86. The second kappa shape index (κ2) is 6.41. The number of aliphatic hydroxyl groups is 1. The summed E-state index contributed by atoms with van der Waals surface area (Å²) >= 11 is 6.03. The number of aromatic nitrogens is 2. The molecule has 1 aromatic carbocycles. The van der Waals surface area contributed by atoms with E-state index in [1.54, 1.807) is 26.8 Å². The van der Waals surface area contributed by atoms with Gasteiger partial charge < -0.3 is 10.0 Å². The van der Waals surface area contributed by atoms with Crippen LogP contribution in [-0.2, 0) is 6.54 Å². The highest BCUT2D eigenvalue weighted by Crippen LogP contribution is 2.21. The molecule has 0 radical (unpaired) electrons. The van der Waals surface area contributed by atoms with Crippen LogP contribution in [0, 0.1) is 6.92 Å². The molecule has 2 aromatic rings. The van der Waals surface area contributed by atoms with Crippen LogP contribution in [-0.4, -0.2) is 27.2 Å². The highest BCUT2D eigenvalue weighted by Gasteiger charge is 2.20. The molecule has 1 aromatic heterocycles. The first-order valence-corrected chi connectivity index (χ1v) is 7.24. The Morgan fingerprint density at radius 3 is 2.43 bits per heavy atom. The zero-order valence-corrected chi connectivity index (χ0v) is 13.3. The fourth-order valence-corrected chi connectivity index (χ4v) is 2.39. The maximum atomic E-state index is 10.1. The predicted octanol–water partition coefficient (Wildman–Crippen LogP) is 3.22. The number of anilines is 1. The number of nitrogens with zero attached hydrogens (tertiary/aromatic N) is 3. The van der Waals surface area contributed by atoms with Gasteiger partial charge in [0.2, 0.25) is 0 Å². The van der Waals surface area contributed by atoms with E-state index in [0.29, 0.717) is 24.1 Å². The summed E-state index contributed by atoms with van der Waals surface area (Å²) in [6, 6.07) is 11.8. The molecular weight excluding hydrogens is 286 g/mol. The normalized spacial score (nSPS) is 11.5. The Morgan fingerprint density at radius 1 is 1.19 bits per heavy atom. The zero-order valence-electron chi connectivity index (χ0n) is 12.5. The first kappa shape index (κ1) is 15.7. The van der Waals surface area contributed by atoms with Crippen molar-refractivity contribution in [2.75, 3.05) is 11.4 Å². The molecule has 2 rings (SSSR count). The van der Waals surface area contributed by atoms with Gasteiger partial charge >= 0.3 is 0 Å². The highest BCUT2D eigenvalue weighted by atomic mass is 35.5. The van der Waals surface area contributed by atoms with E-state index in [1.165, 1.54) is 0 Å². The van der Waals surface area contributed by atoms with Crippen LogP contribution >= 0.6 is 11.6 Å². The number of benzene rings is 1. The predicted molar refractivity (Wildman–Crippen MR) is 85.6 cm³/mol. The third-order valence-electron chi connectivity index (χ3n) is 2.91. The molecule has 0 bridgehead atoms. The van der Waals surface area contributed by atoms with E-state index in [0.717, 1.165) is 11.4 Å². The van der Waals surface area contributed by atoms with Crippen molar-refractivity contribution in [3.05, 3.63) is 52.9 Å². The maximum Gasteiger partial charge on any atom is 0.134 e. The Morgan fingerprint density at radius 2 is 1.86 bits per heavy atom. The lowest BCUT2D eigenvalue weighted by Crippen LogP contribution is -2.38. The van der Waals surface area contributed by atoms with Crippen molar-refractivity contribution in [3.63, 3.8) is 0 Å². The van der Waals surface area contributed by atoms with Crippen molar-refractivity contribution >= 4 is 17.4 Å². The van der Waals surface area contributed by atoms with E-state index in [-0.39, 0.29) is 0 Å². The molecule has 21 heavy (non-hydrogen) atoms. The van der Waals surface area contributed by atoms with E-state index in [9.17, 15) is 5.11 Å². The van der Waals surface area contributed by atoms with Gasteiger partial charge in [-0.05, 0) is 26.3 Å². The van der Waals surface area contributed by atoms with Gasteiger partial charge in [0, 0.05) is 19.2 Å². The Hall–Kier alpha value is -1.65. The lowest BCUT2D eigenvalue weighted by atomic mass is 10.1. The van der Waals surface area contributed by atoms with Gasteiger partial charge in [-0.1, -0.05) is 41.9 Å². The molecule has 0 saturated heterocycles. The summed E-state index contributed by atoms with van der Waals surface area (Å²) in [5, 5.41) is 10.6. The molecule has 0 aliphatic rings. The Labute approximate surface area is 130 Å². The number of aryl methyl sites for hydroxylation is 1. The monoisotopic (exact) mass is 305 g/mol. The SMILES string of the molecule is Cc1nc(Cl)cc(N(Cc2ccccc2)CC(C)(C)O)n1. The minimum absolute atomic E-state index is 0.409. The standard InChI is InChI=1S/C16H20ClN3O/c1-12-18-14(17)9-15(19-12)20(11-16(2,3)21)10-13-7-5-4-6-8-13/h4-9,21H,10-11H2,1-3H3. The highest BCUT2D eigenvalue weighted by molar-refractivity contribution is 6.29. The molecule has 0 aliphatic heterocycles. The van der Waals surface area contributed by atoms with Gasteiger partial charge in [0.1, 0.15) is 16.8 Å². The van der Waals surface area contributed by atoms with E-state index >= 15 is 0 Å². The van der Waals surface area contributed by atoms with Crippen molar-refractivity contribution in [2.24, 2.45) is 0 Å². The van der Waals surface area contributed by atoms with E-state index in [4.69, 9.17) is 11.6 Å². The molecule has 1 heterocycles. The van der Waals surface area contributed by atoms with Crippen LogP contribution in [0.25, 0.3) is 0 Å². The van der Waals surface area contributed by atoms with E-state index < -0.39 is 5.60 Å². The molecule has 0 spiro atoms. The molecule has 0 atom stereocenters. The molecule has 1 N–H and O–H groups in total. The van der Waals surface area contributed by atoms with Crippen LogP contribution in [0.15, 0.2) is 36.4 Å². The third kappa shape index (κ3) is 4.99. The van der Waals surface area contributed by atoms with Gasteiger partial charge in [0.05, 0.1) is 5.60 Å².